The van der Waals surface area contributed by atoms with Crippen molar-refractivity contribution in [3.05, 3.63) is 52.6 Å². The van der Waals surface area contributed by atoms with E-state index in [-0.39, 0.29) is 11.9 Å². The predicted molar refractivity (Wildman–Crippen MR) is 126 cm³/mol. The number of thiophene rings is 1. The summed E-state index contributed by atoms with van der Waals surface area (Å²) in [6.07, 6.45) is 7.39. The number of pyridine rings is 1. The lowest BCUT2D eigenvalue weighted by Crippen LogP contribution is -2.34. The van der Waals surface area contributed by atoms with Crippen molar-refractivity contribution in [1.29, 1.82) is 0 Å². The summed E-state index contributed by atoms with van der Waals surface area (Å²) in [5, 5.41) is 9.69. The van der Waals surface area contributed by atoms with Crippen LogP contribution >= 0.6 is 22.9 Å². The normalized spacial score (nSPS) is 15.9. The van der Waals surface area contributed by atoms with E-state index < -0.39 is 0 Å². The minimum absolute atomic E-state index is 0.175. The molecule has 5 heterocycles. The van der Waals surface area contributed by atoms with Gasteiger partial charge in [0.15, 0.2) is 5.65 Å². The van der Waals surface area contributed by atoms with Crippen LogP contribution in [0.3, 0.4) is 0 Å². The number of piperidine rings is 1. The van der Waals surface area contributed by atoms with Crippen molar-refractivity contribution in [2.24, 2.45) is 5.92 Å². The van der Waals surface area contributed by atoms with Gasteiger partial charge in [-0.2, -0.15) is 5.10 Å². The molecule has 1 saturated heterocycles. The summed E-state index contributed by atoms with van der Waals surface area (Å²) in [4.78, 5) is 25.4. The van der Waals surface area contributed by atoms with Crippen LogP contribution in [0.1, 0.15) is 48.9 Å². The molecule has 32 heavy (non-hydrogen) atoms. The molecule has 5 rings (SSSR count). The smallest absolute Gasteiger partial charge is 0.253 e. The van der Waals surface area contributed by atoms with Gasteiger partial charge in [-0.05, 0) is 43.9 Å². The number of halogens is 1. The van der Waals surface area contributed by atoms with Crippen molar-refractivity contribution in [1.82, 2.24) is 29.9 Å². The lowest BCUT2D eigenvalue weighted by Gasteiger charge is -2.32. The number of amides is 1. The Morgan fingerprint density at radius 1 is 1.31 bits per heavy atom. The molecule has 10 heteroatoms. The number of hydrogen-bond acceptors (Lipinski definition) is 6. The molecule has 0 aliphatic carbocycles. The van der Waals surface area contributed by atoms with Gasteiger partial charge in [-0.1, -0.05) is 18.5 Å². The zero-order valence-electron chi connectivity index (χ0n) is 17.9. The molecule has 4 aromatic heterocycles. The number of carbonyl (C=O) groups excluding carboxylic acids is 1. The van der Waals surface area contributed by atoms with Gasteiger partial charge in [0.25, 0.3) is 5.91 Å². The van der Waals surface area contributed by atoms with Gasteiger partial charge in [0.05, 0.1) is 38.4 Å². The Balaban J connectivity index is 1.56. The van der Waals surface area contributed by atoms with Crippen LogP contribution in [-0.4, -0.2) is 43.6 Å². The molecule has 1 atom stereocenters. The van der Waals surface area contributed by atoms with E-state index in [9.17, 15) is 4.79 Å². The maximum absolute atomic E-state index is 13.2. The molecule has 1 aliphatic heterocycles. The fourth-order valence-electron chi connectivity index (χ4n) is 4.08. The molecule has 1 fully saturated rings. The van der Waals surface area contributed by atoms with Crippen molar-refractivity contribution >= 4 is 40.2 Å². The number of H-pyrrole nitrogens is 1. The fraction of sp³-hybridized carbons (Fsp3) is 0.364. The molecule has 1 aliphatic rings. The van der Waals surface area contributed by atoms with Gasteiger partial charge >= 0.3 is 0 Å². The van der Waals surface area contributed by atoms with Gasteiger partial charge in [-0.3, -0.25) is 14.3 Å². The number of imidazole rings is 1. The topological polar surface area (TPSA) is 91.2 Å². The quantitative estimate of drug-likeness (QED) is 0.447. The Morgan fingerprint density at radius 3 is 2.81 bits per heavy atom. The first-order chi connectivity index (χ1) is 15.5. The highest BCUT2D eigenvalue weighted by Crippen LogP contribution is 2.35. The summed E-state index contributed by atoms with van der Waals surface area (Å²) in [5.41, 5.74) is 3.31. The van der Waals surface area contributed by atoms with Crippen LogP contribution in [0.25, 0.3) is 16.2 Å². The number of aromatic amines is 1. The summed E-state index contributed by atoms with van der Waals surface area (Å²) in [6, 6.07) is 5.52. The molecular weight excluding hydrogens is 446 g/mol. The van der Waals surface area contributed by atoms with Gasteiger partial charge in [-0.15, -0.1) is 11.3 Å². The summed E-state index contributed by atoms with van der Waals surface area (Å²) < 4.78 is 2.72. The number of rotatable bonds is 5. The van der Waals surface area contributed by atoms with Crippen LogP contribution < -0.4 is 10.2 Å². The van der Waals surface area contributed by atoms with Crippen LogP contribution in [0.5, 0.6) is 0 Å². The zero-order chi connectivity index (χ0) is 22.2. The summed E-state index contributed by atoms with van der Waals surface area (Å²) >= 11 is 7.68. The molecule has 4 aromatic rings. The van der Waals surface area contributed by atoms with Gasteiger partial charge in [0.1, 0.15) is 12.2 Å². The lowest BCUT2D eigenvalue weighted by atomic mass is 9.99. The third-order valence-corrected chi connectivity index (χ3v) is 7.24. The standard InChI is InChI=1S/C22H24ClN7OS/c1-13-5-7-29(8-6-13)16-9-15(22(31)27-14(2)20-25-12-26-28-20)11-30-17(10-24-21(16)30)18-3-4-19(23)32-18/h3-4,9-14H,5-8H2,1-2H3,(H,27,31)(H,25,26,28). The van der Waals surface area contributed by atoms with Crippen molar-refractivity contribution in [2.45, 2.75) is 32.7 Å². The Labute approximate surface area is 194 Å². The third-order valence-electron chi connectivity index (χ3n) is 5.99. The van der Waals surface area contributed by atoms with Crippen molar-refractivity contribution in [3.63, 3.8) is 0 Å². The number of hydrogen-bond donors (Lipinski definition) is 2. The number of fused-ring (bicyclic) bond motifs is 1. The predicted octanol–water partition coefficient (Wildman–Crippen LogP) is 4.56. The number of carbonyl (C=O) groups is 1. The Hall–Kier alpha value is -2.91. The van der Waals surface area contributed by atoms with Crippen molar-refractivity contribution in [3.8, 4) is 10.6 Å². The van der Waals surface area contributed by atoms with Gasteiger partial charge in [0.2, 0.25) is 0 Å². The highest BCUT2D eigenvalue weighted by Gasteiger charge is 2.23. The van der Waals surface area contributed by atoms with Crippen molar-refractivity contribution in [2.75, 3.05) is 18.0 Å². The van der Waals surface area contributed by atoms with Crippen LogP contribution in [-0.2, 0) is 0 Å². The molecule has 0 bridgehead atoms. The number of nitrogens with zero attached hydrogens (tertiary/aromatic N) is 5. The molecule has 0 spiro atoms. The monoisotopic (exact) mass is 469 g/mol. The Bertz CT molecular complexity index is 1240. The largest absolute Gasteiger partial charge is 0.368 e. The molecule has 166 valence electrons. The minimum Gasteiger partial charge on any atom is -0.368 e. The fourth-order valence-corrected chi connectivity index (χ4v) is 5.13. The molecular formula is C22H24ClN7OS. The average Bonchev–Trinajstić information content (AvgIpc) is 3.54. The zero-order valence-corrected chi connectivity index (χ0v) is 19.5. The molecule has 0 saturated carbocycles. The summed E-state index contributed by atoms with van der Waals surface area (Å²) in [6.45, 7) is 6.06. The molecule has 1 unspecified atom stereocenters. The number of nitrogens with one attached hydrogen (secondary N) is 2. The molecule has 0 aromatic carbocycles. The second-order valence-electron chi connectivity index (χ2n) is 8.29. The van der Waals surface area contributed by atoms with Crippen molar-refractivity contribution < 1.29 is 4.79 Å². The minimum atomic E-state index is -0.293. The first-order valence-corrected chi connectivity index (χ1v) is 11.9. The van der Waals surface area contributed by atoms with Gasteiger partial charge < -0.3 is 10.2 Å². The van der Waals surface area contributed by atoms with E-state index >= 15 is 0 Å². The second-order valence-corrected chi connectivity index (χ2v) is 10.0. The Kier molecular flexibility index (Phi) is 5.60. The van der Waals surface area contributed by atoms with E-state index in [2.05, 4.69) is 32.3 Å². The van der Waals surface area contributed by atoms with E-state index in [1.165, 1.54) is 17.7 Å². The van der Waals surface area contributed by atoms with E-state index in [0.717, 1.165) is 52.2 Å². The van der Waals surface area contributed by atoms with Crippen LogP contribution in [0.4, 0.5) is 5.69 Å². The highest BCUT2D eigenvalue weighted by atomic mass is 35.5. The molecule has 2 N–H and O–H groups in total. The number of anilines is 1. The van der Waals surface area contributed by atoms with E-state index in [1.807, 2.05) is 41.9 Å². The Morgan fingerprint density at radius 2 is 2.12 bits per heavy atom. The van der Waals surface area contributed by atoms with Crippen LogP contribution in [0.15, 0.2) is 36.9 Å². The maximum atomic E-state index is 13.2. The first-order valence-electron chi connectivity index (χ1n) is 10.7. The average molecular weight is 470 g/mol. The van der Waals surface area contributed by atoms with E-state index in [4.69, 9.17) is 16.6 Å². The van der Waals surface area contributed by atoms with E-state index in [0.29, 0.717) is 17.3 Å². The number of aromatic nitrogens is 5. The van der Waals surface area contributed by atoms with Crippen LogP contribution in [0.2, 0.25) is 4.34 Å². The molecule has 8 nitrogen and oxygen atoms in total. The van der Waals surface area contributed by atoms with Gasteiger partial charge in [-0.25, -0.2) is 9.97 Å². The first kappa shape index (κ1) is 21.0. The second kappa shape index (κ2) is 8.55. The van der Waals surface area contributed by atoms with Crippen LogP contribution in [0, 0.1) is 5.92 Å². The summed E-state index contributed by atoms with van der Waals surface area (Å²) in [5.74, 6) is 1.15. The molecule has 0 radical (unpaired) electrons. The SMILES string of the molecule is CC1CCN(c2cc(C(=O)NC(C)c3ncn[nH]3)cn3c(-c4ccc(Cl)s4)cnc23)CC1. The van der Waals surface area contributed by atoms with Gasteiger partial charge in [0, 0.05) is 19.3 Å². The highest BCUT2D eigenvalue weighted by molar-refractivity contribution is 7.19. The third kappa shape index (κ3) is 3.98. The summed E-state index contributed by atoms with van der Waals surface area (Å²) in [7, 11) is 0. The maximum Gasteiger partial charge on any atom is 0.253 e. The van der Waals surface area contributed by atoms with E-state index in [1.54, 1.807) is 0 Å². The molecule has 1 amide bonds. The lowest BCUT2D eigenvalue weighted by molar-refractivity contribution is 0.0938.